The predicted molar refractivity (Wildman–Crippen MR) is 110 cm³/mol. The van der Waals surface area contributed by atoms with E-state index in [2.05, 4.69) is 40.4 Å². The molecule has 1 heterocycles. The van der Waals surface area contributed by atoms with Crippen LogP contribution in [-0.4, -0.2) is 44.0 Å². The number of rotatable bonds is 4. The van der Waals surface area contributed by atoms with Crippen molar-refractivity contribution in [3.63, 3.8) is 0 Å². The number of likely N-dealkylation sites (N-methyl/N-ethyl adjacent to an activating group) is 1. The number of hydrogen-bond donors (Lipinski definition) is 1. The van der Waals surface area contributed by atoms with Crippen LogP contribution in [0, 0.1) is 13.8 Å². The normalized spacial score (nSPS) is 15.4. The van der Waals surface area contributed by atoms with Crippen molar-refractivity contribution in [2.24, 2.45) is 0 Å². The average molecular weight is 349 g/mol. The van der Waals surface area contributed by atoms with E-state index in [1.54, 1.807) is 6.08 Å². The van der Waals surface area contributed by atoms with Gasteiger partial charge in [-0.25, -0.2) is 0 Å². The zero-order valence-electron chi connectivity index (χ0n) is 15.8. The SMILES string of the molecule is Cc1cccc(/C=C/C(=O)Nc2ccc(N3CCN(C)CC3)cc2C)c1. The molecule has 1 N–H and O–H groups in total. The average Bonchev–Trinajstić information content (AvgIpc) is 2.62. The number of hydrogen-bond acceptors (Lipinski definition) is 3. The van der Waals surface area contributed by atoms with E-state index < -0.39 is 0 Å². The molecule has 0 aromatic heterocycles. The van der Waals surface area contributed by atoms with Crippen LogP contribution in [-0.2, 0) is 4.79 Å². The third-order valence-corrected chi connectivity index (χ3v) is 4.81. The Hall–Kier alpha value is -2.59. The summed E-state index contributed by atoms with van der Waals surface area (Å²) in [6.07, 6.45) is 3.43. The van der Waals surface area contributed by atoms with Gasteiger partial charge in [-0.15, -0.1) is 0 Å². The molecule has 0 bridgehead atoms. The summed E-state index contributed by atoms with van der Waals surface area (Å²) in [7, 11) is 2.16. The third-order valence-electron chi connectivity index (χ3n) is 4.81. The van der Waals surface area contributed by atoms with E-state index in [0.717, 1.165) is 43.0 Å². The number of benzene rings is 2. The van der Waals surface area contributed by atoms with Gasteiger partial charge in [0.2, 0.25) is 5.91 Å². The number of anilines is 2. The van der Waals surface area contributed by atoms with Gasteiger partial charge in [-0.2, -0.15) is 0 Å². The van der Waals surface area contributed by atoms with E-state index in [4.69, 9.17) is 0 Å². The molecule has 0 saturated carbocycles. The van der Waals surface area contributed by atoms with Crippen molar-refractivity contribution in [2.45, 2.75) is 13.8 Å². The Labute approximate surface area is 156 Å². The highest BCUT2D eigenvalue weighted by atomic mass is 16.1. The van der Waals surface area contributed by atoms with Crippen molar-refractivity contribution in [1.82, 2.24) is 4.90 Å². The topological polar surface area (TPSA) is 35.6 Å². The first-order valence-corrected chi connectivity index (χ1v) is 9.11. The van der Waals surface area contributed by atoms with Crippen molar-refractivity contribution < 1.29 is 4.79 Å². The Morgan fingerprint density at radius 2 is 1.81 bits per heavy atom. The van der Waals surface area contributed by atoms with Crippen molar-refractivity contribution in [3.05, 3.63) is 65.2 Å². The Bertz CT molecular complexity index is 805. The molecule has 0 unspecified atom stereocenters. The summed E-state index contributed by atoms with van der Waals surface area (Å²) in [6.45, 7) is 8.34. The molecule has 26 heavy (non-hydrogen) atoms. The summed E-state index contributed by atoms with van der Waals surface area (Å²) in [5.74, 6) is -0.109. The fraction of sp³-hybridized carbons (Fsp3) is 0.318. The second kappa shape index (κ2) is 8.19. The van der Waals surface area contributed by atoms with Crippen LogP contribution in [0.5, 0.6) is 0 Å². The summed E-state index contributed by atoms with van der Waals surface area (Å²) < 4.78 is 0. The summed E-state index contributed by atoms with van der Waals surface area (Å²) in [4.78, 5) is 17.0. The highest BCUT2D eigenvalue weighted by Gasteiger charge is 2.15. The smallest absolute Gasteiger partial charge is 0.248 e. The van der Waals surface area contributed by atoms with Gasteiger partial charge in [-0.1, -0.05) is 29.8 Å². The maximum absolute atomic E-state index is 12.2. The van der Waals surface area contributed by atoms with Crippen LogP contribution in [0.25, 0.3) is 6.08 Å². The molecule has 0 aliphatic carbocycles. The highest BCUT2D eigenvalue weighted by molar-refractivity contribution is 6.02. The third kappa shape index (κ3) is 4.73. The van der Waals surface area contributed by atoms with Crippen molar-refractivity contribution in [3.8, 4) is 0 Å². The largest absolute Gasteiger partial charge is 0.369 e. The second-order valence-corrected chi connectivity index (χ2v) is 7.03. The van der Waals surface area contributed by atoms with E-state index in [1.165, 1.54) is 11.3 Å². The van der Waals surface area contributed by atoms with Crippen LogP contribution >= 0.6 is 0 Å². The number of carbonyl (C=O) groups excluding carboxylic acids is 1. The van der Waals surface area contributed by atoms with Gasteiger partial charge in [0, 0.05) is 43.6 Å². The van der Waals surface area contributed by atoms with Gasteiger partial charge in [-0.05, 0) is 56.3 Å². The Balaban J connectivity index is 1.63. The molecule has 136 valence electrons. The van der Waals surface area contributed by atoms with E-state index in [-0.39, 0.29) is 5.91 Å². The van der Waals surface area contributed by atoms with E-state index in [9.17, 15) is 4.79 Å². The quantitative estimate of drug-likeness (QED) is 0.855. The molecule has 2 aromatic rings. The van der Waals surface area contributed by atoms with Gasteiger partial charge in [0.1, 0.15) is 0 Å². The van der Waals surface area contributed by atoms with Crippen LogP contribution in [0.1, 0.15) is 16.7 Å². The molecular weight excluding hydrogens is 322 g/mol. The minimum atomic E-state index is -0.109. The highest BCUT2D eigenvalue weighted by Crippen LogP contribution is 2.23. The van der Waals surface area contributed by atoms with Gasteiger partial charge < -0.3 is 15.1 Å². The van der Waals surface area contributed by atoms with E-state index in [0.29, 0.717) is 0 Å². The van der Waals surface area contributed by atoms with Crippen molar-refractivity contribution in [1.29, 1.82) is 0 Å². The molecule has 4 nitrogen and oxygen atoms in total. The lowest BCUT2D eigenvalue weighted by Crippen LogP contribution is -2.44. The fourth-order valence-corrected chi connectivity index (χ4v) is 3.17. The van der Waals surface area contributed by atoms with Gasteiger partial charge in [0.05, 0.1) is 0 Å². The lowest BCUT2D eigenvalue weighted by atomic mass is 10.1. The zero-order chi connectivity index (χ0) is 18.5. The number of nitrogens with one attached hydrogen (secondary N) is 1. The standard InChI is InChI=1S/C22H27N3O/c1-17-5-4-6-19(15-17)7-10-22(26)23-21-9-8-20(16-18(21)2)25-13-11-24(3)12-14-25/h4-10,15-16H,11-14H2,1-3H3,(H,23,26)/b10-7+. The van der Waals surface area contributed by atoms with Crippen LogP contribution in [0.4, 0.5) is 11.4 Å². The summed E-state index contributed by atoms with van der Waals surface area (Å²) >= 11 is 0. The maximum atomic E-state index is 12.2. The van der Waals surface area contributed by atoms with E-state index >= 15 is 0 Å². The number of carbonyl (C=O) groups is 1. The van der Waals surface area contributed by atoms with Crippen LogP contribution < -0.4 is 10.2 Å². The molecule has 1 amide bonds. The lowest BCUT2D eigenvalue weighted by Gasteiger charge is -2.34. The molecule has 0 atom stereocenters. The summed E-state index contributed by atoms with van der Waals surface area (Å²) in [5, 5.41) is 2.98. The number of piperazine rings is 1. The molecule has 2 aromatic carbocycles. The molecule has 3 rings (SSSR count). The van der Waals surface area contributed by atoms with Gasteiger partial charge in [0.15, 0.2) is 0 Å². The second-order valence-electron chi connectivity index (χ2n) is 7.03. The van der Waals surface area contributed by atoms with E-state index in [1.807, 2.05) is 44.2 Å². The van der Waals surface area contributed by atoms with Crippen molar-refractivity contribution in [2.75, 3.05) is 43.4 Å². The molecule has 1 fully saturated rings. The maximum Gasteiger partial charge on any atom is 0.248 e. The molecular formula is C22H27N3O. The van der Waals surface area contributed by atoms with Crippen molar-refractivity contribution >= 4 is 23.4 Å². The molecule has 1 aliphatic heterocycles. The molecule has 1 saturated heterocycles. The summed E-state index contributed by atoms with van der Waals surface area (Å²) in [6, 6.07) is 14.3. The monoisotopic (exact) mass is 349 g/mol. The fourth-order valence-electron chi connectivity index (χ4n) is 3.17. The van der Waals surface area contributed by atoms with Crippen LogP contribution in [0.2, 0.25) is 0 Å². The molecule has 4 heteroatoms. The van der Waals surface area contributed by atoms with Gasteiger partial charge in [0.25, 0.3) is 0 Å². The zero-order valence-corrected chi connectivity index (χ0v) is 15.8. The molecule has 0 radical (unpaired) electrons. The Kier molecular flexibility index (Phi) is 5.74. The number of amides is 1. The first-order chi connectivity index (χ1) is 12.5. The van der Waals surface area contributed by atoms with Gasteiger partial charge in [-0.3, -0.25) is 4.79 Å². The minimum absolute atomic E-state index is 0.109. The first kappa shape index (κ1) is 18.2. The predicted octanol–water partition coefficient (Wildman–Crippen LogP) is 3.71. The Morgan fingerprint density at radius 1 is 1.04 bits per heavy atom. The lowest BCUT2D eigenvalue weighted by molar-refractivity contribution is -0.111. The summed E-state index contributed by atoms with van der Waals surface area (Å²) in [5.41, 5.74) is 5.38. The van der Waals surface area contributed by atoms with Crippen LogP contribution in [0.15, 0.2) is 48.5 Å². The van der Waals surface area contributed by atoms with Crippen LogP contribution in [0.3, 0.4) is 0 Å². The minimum Gasteiger partial charge on any atom is -0.369 e. The molecule has 1 aliphatic rings. The first-order valence-electron chi connectivity index (χ1n) is 9.11. The van der Waals surface area contributed by atoms with Gasteiger partial charge >= 0.3 is 0 Å². The molecule has 0 spiro atoms. The Morgan fingerprint density at radius 3 is 2.50 bits per heavy atom. The number of nitrogens with zero attached hydrogens (tertiary/aromatic N) is 2. The number of aryl methyl sites for hydroxylation is 2.